The molecule has 0 saturated carbocycles. The van der Waals surface area contributed by atoms with Crippen LogP contribution in [0.5, 0.6) is 0 Å². The van der Waals surface area contributed by atoms with Crippen LogP contribution in [-0.4, -0.2) is 40.4 Å². The molecule has 3 heterocycles. The number of aromatic amines is 1. The van der Waals surface area contributed by atoms with Crippen LogP contribution in [0.4, 0.5) is 0 Å². The van der Waals surface area contributed by atoms with Crippen LogP contribution >= 0.6 is 0 Å². The van der Waals surface area contributed by atoms with Crippen LogP contribution in [-0.2, 0) is 19.4 Å². The van der Waals surface area contributed by atoms with E-state index in [-0.39, 0.29) is 0 Å². The zero-order valence-electron chi connectivity index (χ0n) is 19.0. The van der Waals surface area contributed by atoms with E-state index < -0.39 is 0 Å². The van der Waals surface area contributed by atoms with E-state index in [4.69, 9.17) is 15.1 Å². The summed E-state index contributed by atoms with van der Waals surface area (Å²) < 4.78 is 2.05. The van der Waals surface area contributed by atoms with E-state index in [1.54, 1.807) is 0 Å². The van der Waals surface area contributed by atoms with E-state index >= 15 is 0 Å². The van der Waals surface area contributed by atoms with Crippen LogP contribution in [0.25, 0.3) is 22.6 Å². The van der Waals surface area contributed by atoms with Crippen molar-refractivity contribution >= 4 is 0 Å². The summed E-state index contributed by atoms with van der Waals surface area (Å²) in [5, 5.41) is 19.2. The topological polar surface area (TPSA) is 98.1 Å². The molecule has 32 heavy (non-hydrogen) atoms. The van der Waals surface area contributed by atoms with Crippen LogP contribution in [0, 0.1) is 5.92 Å². The fourth-order valence-corrected chi connectivity index (χ4v) is 3.75. The summed E-state index contributed by atoms with van der Waals surface area (Å²) >= 11 is 0. The van der Waals surface area contributed by atoms with E-state index in [2.05, 4.69) is 52.1 Å². The Labute approximate surface area is 188 Å². The van der Waals surface area contributed by atoms with E-state index in [0.29, 0.717) is 18.3 Å². The van der Waals surface area contributed by atoms with Crippen molar-refractivity contribution in [1.29, 1.82) is 0 Å². The van der Waals surface area contributed by atoms with Crippen molar-refractivity contribution in [2.75, 3.05) is 0 Å². The molecule has 0 unspecified atom stereocenters. The average molecular weight is 431 g/mol. The smallest absolute Gasteiger partial charge is 0.205 e. The monoisotopic (exact) mass is 430 g/mol. The molecule has 0 spiro atoms. The van der Waals surface area contributed by atoms with Gasteiger partial charge in [0.1, 0.15) is 5.82 Å². The van der Waals surface area contributed by atoms with Crippen LogP contribution in [0.3, 0.4) is 0 Å². The Morgan fingerprint density at radius 2 is 1.88 bits per heavy atom. The highest BCUT2D eigenvalue weighted by molar-refractivity contribution is 5.78. The predicted molar refractivity (Wildman–Crippen MR) is 124 cm³/mol. The number of pyridine rings is 1. The molecule has 8 nitrogen and oxygen atoms in total. The van der Waals surface area contributed by atoms with Gasteiger partial charge in [0.15, 0.2) is 5.82 Å². The van der Waals surface area contributed by atoms with Crippen LogP contribution < -0.4 is 0 Å². The third-order valence-corrected chi connectivity index (χ3v) is 5.33. The second-order valence-electron chi connectivity index (χ2n) is 8.49. The summed E-state index contributed by atoms with van der Waals surface area (Å²) in [6.45, 7) is 7.30. The minimum absolute atomic E-state index is 0.537. The number of H-pyrrole nitrogens is 1. The van der Waals surface area contributed by atoms with Crippen molar-refractivity contribution in [1.82, 2.24) is 40.4 Å². The van der Waals surface area contributed by atoms with Gasteiger partial charge in [-0.2, -0.15) is 10.3 Å². The molecule has 0 bridgehead atoms. The third-order valence-electron chi connectivity index (χ3n) is 5.33. The van der Waals surface area contributed by atoms with Gasteiger partial charge >= 0.3 is 0 Å². The quantitative estimate of drug-likeness (QED) is 0.372. The lowest BCUT2D eigenvalue weighted by Crippen LogP contribution is -2.08. The lowest BCUT2D eigenvalue weighted by molar-refractivity contribution is 0.588. The molecule has 3 aromatic heterocycles. The fraction of sp³-hybridized carbons (Fsp3) is 0.417. The minimum atomic E-state index is 0.537. The Kier molecular flexibility index (Phi) is 6.99. The molecule has 166 valence electrons. The number of hydrogen-bond acceptors (Lipinski definition) is 6. The number of benzene rings is 1. The second-order valence-corrected chi connectivity index (χ2v) is 8.49. The maximum absolute atomic E-state index is 4.83. The van der Waals surface area contributed by atoms with Gasteiger partial charge in [0.25, 0.3) is 0 Å². The molecule has 0 saturated heterocycles. The Morgan fingerprint density at radius 3 is 2.56 bits per heavy atom. The van der Waals surface area contributed by atoms with Crippen molar-refractivity contribution < 1.29 is 0 Å². The van der Waals surface area contributed by atoms with E-state index in [1.807, 2.05) is 36.5 Å². The first-order valence-corrected chi connectivity index (χ1v) is 11.3. The second kappa shape index (κ2) is 10.3. The van der Waals surface area contributed by atoms with E-state index in [0.717, 1.165) is 53.3 Å². The molecule has 0 atom stereocenters. The summed E-state index contributed by atoms with van der Waals surface area (Å²) in [5.74, 6) is 3.10. The number of hydrogen-bond donors (Lipinski definition) is 1. The molecule has 0 radical (unpaired) electrons. The molecule has 1 N–H and O–H groups in total. The molecule has 4 rings (SSSR count). The normalized spacial score (nSPS) is 11.4. The molecule has 0 fully saturated rings. The molecule has 0 amide bonds. The first-order valence-electron chi connectivity index (χ1n) is 11.3. The number of aromatic nitrogens is 8. The van der Waals surface area contributed by atoms with Gasteiger partial charge in [0, 0.05) is 30.2 Å². The van der Waals surface area contributed by atoms with E-state index in [1.165, 1.54) is 12.8 Å². The minimum Gasteiger partial charge on any atom is -0.256 e. The van der Waals surface area contributed by atoms with Gasteiger partial charge < -0.3 is 0 Å². The van der Waals surface area contributed by atoms with Gasteiger partial charge in [-0.15, -0.1) is 10.2 Å². The van der Waals surface area contributed by atoms with Crippen molar-refractivity contribution in [3.63, 3.8) is 0 Å². The van der Waals surface area contributed by atoms with Gasteiger partial charge in [-0.3, -0.25) is 4.98 Å². The summed E-state index contributed by atoms with van der Waals surface area (Å²) in [7, 11) is 0. The van der Waals surface area contributed by atoms with Gasteiger partial charge in [-0.05, 0) is 29.2 Å². The van der Waals surface area contributed by atoms with Gasteiger partial charge in [0.2, 0.25) is 5.82 Å². The maximum atomic E-state index is 4.83. The number of nitrogens with one attached hydrogen (secondary N) is 1. The van der Waals surface area contributed by atoms with Gasteiger partial charge in [-0.1, -0.05) is 63.9 Å². The van der Waals surface area contributed by atoms with Crippen molar-refractivity contribution in [2.45, 2.75) is 59.4 Å². The first kappa shape index (κ1) is 21.8. The summed E-state index contributed by atoms with van der Waals surface area (Å²) in [4.78, 5) is 9.56. The lowest BCUT2D eigenvalue weighted by atomic mass is 10.0. The molecule has 0 aliphatic heterocycles. The largest absolute Gasteiger partial charge is 0.256 e. The highest BCUT2D eigenvalue weighted by Crippen LogP contribution is 2.28. The molecule has 8 heteroatoms. The van der Waals surface area contributed by atoms with Crippen molar-refractivity contribution in [3.05, 3.63) is 59.8 Å². The zero-order chi connectivity index (χ0) is 22.3. The Hall–Kier alpha value is -3.42. The van der Waals surface area contributed by atoms with E-state index in [9.17, 15) is 0 Å². The Morgan fingerprint density at radius 1 is 1.03 bits per heavy atom. The van der Waals surface area contributed by atoms with Crippen molar-refractivity contribution in [2.24, 2.45) is 5.92 Å². The average Bonchev–Trinajstić information content (AvgIpc) is 3.45. The first-order chi connectivity index (χ1) is 15.6. The highest BCUT2D eigenvalue weighted by atomic mass is 15.5. The highest BCUT2D eigenvalue weighted by Gasteiger charge is 2.14. The lowest BCUT2D eigenvalue weighted by Gasteiger charge is -2.09. The Bertz CT molecular complexity index is 1110. The molecular weight excluding hydrogens is 400 g/mol. The predicted octanol–water partition coefficient (Wildman–Crippen LogP) is 4.50. The number of unbranched alkanes of at least 4 members (excludes halogenated alkanes) is 2. The van der Waals surface area contributed by atoms with Crippen LogP contribution in [0.15, 0.2) is 42.6 Å². The maximum Gasteiger partial charge on any atom is 0.205 e. The summed E-state index contributed by atoms with van der Waals surface area (Å²) in [5.41, 5.74) is 3.84. The summed E-state index contributed by atoms with van der Waals surface area (Å²) in [6, 6.07) is 12.1. The van der Waals surface area contributed by atoms with Crippen LogP contribution in [0.2, 0.25) is 0 Å². The fourth-order valence-electron chi connectivity index (χ4n) is 3.75. The van der Waals surface area contributed by atoms with Gasteiger partial charge in [0.05, 0.1) is 12.2 Å². The number of rotatable bonds is 10. The molecule has 4 aromatic rings. The number of nitrogens with zero attached hydrogens (tertiary/aromatic N) is 7. The number of aryl methyl sites for hydroxylation is 1. The van der Waals surface area contributed by atoms with Crippen LogP contribution in [0.1, 0.15) is 57.2 Å². The van der Waals surface area contributed by atoms with Crippen molar-refractivity contribution in [3.8, 4) is 22.6 Å². The molecular formula is C24H30N8. The molecule has 0 aliphatic carbocycles. The zero-order valence-corrected chi connectivity index (χ0v) is 19.0. The molecule has 0 aliphatic rings. The standard InChI is InChI=1S/C24H30N8/c1-4-5-6-11-23-26-22(14-17(2)3)29-32(23)16-18-12-13-21(25-15-18)19-9-7-8-10-20(19)24-27-30-31-28-24/h7-10,12-13,15,17H,4-6,11,14,16H2,1-3H3,(H,27,28,30,31). The SMILES string of the molecule is CCCCCc1nc(CC(C)C)nn1Cc1ccc(-c2ccccc2-c2nn[nH]n2)nc1. The summed E-state index contributed by atoms with van der Waals surface area (Å²) in [6.07, 6.45) is 7.33. The third kappa shape index (κ3) is 5.25. The van der Waals surface area contributed by atoms with Gasteiger partial charge in [-0.25, -0.2) is 9.67 Å². The number of tetrazole rings is 1. The Balaban J connectivity index is 1.55. The molecule has 1 aromatic carbocycles.